The molecule has 0 N–H and O–H groups in total. The van der Waals surface area contributed by atoms with Gasteiger partial charge in [-0.25, -0.2) is 4.98 Å². The summed E-state index contributed by atoms with van der Waals surface area (Å²) in [5.41, 5.74) is 10.7. The van der Waals surface area contributed by atoms with Crippen LogP contribution in [0.5, 0.6) is 0 Å². The number of thiophene rings is 2. The second-order valence-corrected chi connectivity index (χ2v) is 17.0. The van der Waals surface area contributed by atoms with E-state index in [1.807, 2.05) is 22.7 Å². The largest absolute Gasteiger partial charge is 0.309 e. The highest BCUT2D eigenvalue weighted by molar-refractivity contribution is 7.26. The van der Waals surface area contributed by atoms with Crippen LogP contribution in [-0.2, 0) is 0 Å². The van der Waals surface area contributed by atoms with E-state index in [4.69, 9.17) is 4.98 Å². The minimum Gasteiger partial charge on any atom is -0.309 e. The highest BCUT2D eigenvalue weighted by Gasteiger charge is 2.20. The Bertz CT molecular complexity index is 3260. The van der Waals surface area contributed by atoms with Gasteiger partial charge < -0.3 is 4.57 Å². The summed E-state index contributed by atoms with van der Waals surface area (Å²) in [6.07, 6.45) is 0. The van der Waals surface area contributed by atoms with E-state index in [-0.39, 0.29) is 0 Å². The molecule has 0 spiro atoms. The quantitative estimate of drug-likeness (QED) is 0.176. The lowest BCUT2D eigenvalue weighted by Gasteiger charge is -2.13. The summed E-state index contributed by atoms with van der Waals surface area (Å²) >= 11 is 5.53. The Hall–Kier alpha value is -6.11. The zero-order chi connectivity index (χ0) is 35.3. The SMILES string of the molecule is c1ccc(-n2c3ccc(-c4cccc5c4sc4ccccc45)cc3c3cc(-c4cccc5c4sc4ccccc45)ccc32)c(-c2nc3ccccc3s2)c1. The lowest BCUT2D eigenvalue weighted by Crippen LogP contribution is -1.97. The van der Waals surface area contributed by atoms with Gasteiger partial charge in [-0.05, 0) is 82.9 Å². The van der Waals surface area contributed by atoms with Gasteiger partial charge in [-0.2, -0.15) is 0 Å². The molecule has 4 heterocycles. The smallest absolute Gasteiger partial charge is 0.126 e. The number of aromatic nitrogens is 2. The normalized spacial score (nSPS) is 12.1. The Morgan fingerprint density at radius 2 is 0.870 bits per heavy atom. The number of fused-ring (bicyclic) bond motifs is 10. The van der Waals surface area contributed by atoms with Gasteiger partial charge in [-0.3, -0.25) is 0 Å². The Kier molecular flexibility index (Phi) is 6.58. The molecular formula is C49H28N2S3. The van der Waals surface area contributed by atoms with Gasteiger partial charge in [0.15, 0.2) is 0 Å². The van der Waals surface area contributed by atoms with Gasteiger partial charge >= 0.3 is 0 Å². The van der Waals surface area contributed by atoms with Crippen LogP contribution in [0, 0.1) is 0 Å². The van der Waals surface area contributed by atoms with E-state index in [9.17, 15) is 0 Å². The summed E-state index contributed by atoms with van der Waals surface area (Å²) in [4.78, 5) is 5.12. The third-order valence-corrected chi connectivity index (χ3v) is 14.4. The average molecular weight is 741 g/mol. The zero-order valence-corrected chi connectivity index (χ0v) is 31.2. The first-order chi connectivity index (χ1) is 26.8. The molecule has 0 aliphatic rings. The van der Waals surface area contributed by atoms with E-state index < -0.39 is 0 Å². The van der Waals surface area contributed by atoms with Crippen molar-refractivity contribution in [3.05, 3.63) is 170 Å². The summed E-state index contributed by atoms with van der Waals surface area (Å²) in [6, 6.07) is 62.4. The maximum atomic E-state index is 5.12. The molecule has 2 nitrogen and oxygen atoms in total. The molecule has 0 fully saturated rings. The predicted molar refractivity (Wildman–Crippen MR) is 236 cm³/mol. The molecule has 0 aliphatic carbocycles. The molecule has 0 amide bonds. The fourth-order valence-electron chi connectivity index (χ4n) is 8.40. The minimum absolute atomic E-state index is 1.03. The average Bonchev–Trinajstić information content (AvgIpc) is 4.00. The van der Waals surface area contributed by atoms with Gasteiger partial charge in [0.2, 0.25) is 0 Å². The van der Waals surface area contributed by atoms with Crippen LogP contribution >= 0.6 is 34.0 Å². The van der Waals surface area contributed by atoms with E-state index in [1.54, 1.807) is 11.3 Å². The van der Waals surface area contributed by atoms with Gasteiger partial charge in [0, 0.05) is 56.7 Å². The van der Waals surface area contributed by atoms with Crippen molar-refractivity contribution < 1.29 is 0 Å². The molecule has 0 bridgehead atoms. The third-order valence-electron chi connectivity index (χ3n) is 10.9. The Labute approximate surface area is 322 Å². The van der Waals surface area contributed by atoms with Gasteiger partial charge in [-0.15, -0.1) is 34.0 Å². The standard InChI is InChI=1S/C49H28N2S3/c1-5-19-41(37(13-1)49-50-40-18-4-8-22-46(40)54-49)51-42-25-23-29(31-14-9-16-35-33-11-2-6-20-44(33)52-47(31)35)27-38(42)39-28-30(24-26-43(39)51)32-15-10-17-36-34-12-3-7-21-45(34)53-48(32)36/h1-28H. The molecule has 54 heavy (non-hydrogen) atoms. The number of benzene rings is 8. The number of hydrogen-bond donors (Lipinski definition) is 0. The van der Waals surface area contributed by atoms with Crippen LogP contribution in [0.25, 0.3) is 111 Å². The second kappa shape index (κ2) is 11.7. The topological polar surface area (TPSA) is 17.8 Å². The maximum absolute atomic E-state index is 5.12. The molecule has 12 rings (SSSR count). The molecular weight excluding hydrogens is 713 g/mol. The Morgan fingerprint density at radius 3 is 1.48 bits per heavy atom. The molecule has 5 heteroatoms. The molecule has 0 saturated heterocycles. The van der Waals surface area contributed by atoms with Crippen LogP contribution in [0.1, 0.15) is 0 Å². The maximum Gasteiger partial charge on any atom is 0.126 e. The molecule has 0 radical (unpaired) electrons. The molecule has 0 unspecified atom stereocenters. The molecule has 252 valence electrons. The van der Waals surface area contributed by atoms with Crippen molar-refractivity contribution in [1.82, 2.24) is 9.55 Å². The second-order valence-electron chi connectivity index (χ2n) is 13.9. The third kappa shape index (κ3) is 4.47. The number of para-hydroxylation sites is 2. The first-order valence-corrected chi connectivity index (χ1v) is 20.6. The van der Waals surface area contributed by atoms with Crippen LogP contribution in [0.4, 0.5) is 0 Å². The van der Waals surface area contributed by atoms with Crippen molar-refractivity contribution in [2.24, 2.45) is 0 Å². The molecule has 4 aromatic heterocycles. The van der Waals surface area contributed by atoms with Crippen molar-refractivity contribution in [3.8, 4) is 38.5 Å². The van der Waals surface area contributed by atoms with E-state index in [1.165, 1.54) is 89.1 Å². The number of hydrogen-bond acceptors (Lipinski definition) is 4. The summed E-state index contributed by atoms with van der Waals surface area (Å²) in [5.74, 6) is 0. The molecule has 12 aromatic rings. The van der Waals surface area contributed by atoms with Crippen LogP contribution in [-0.4, -0.2) is 9.55 Å². The lowest BCUT2D eigenvalue weighted by atomic mass is 9.98. The molecule has 0 saturated carbocycles. The van der Waals surface area contributed by atoms with Gasteiger partial charge in [0.05, 0.1) is 26.9 Å². The van der Waals surface area contributed by atoms with Crippen LogP contribution in [0.3, 0.4) is 0 Å². The van der Waals surface area contributed by atoms with E-state index in [0.717, 1.165) is 21.8 Å². The van der Waals surface area contributed by atoms with Crippen LogP contribution in [0.15, 0.2) is 170 Å². The van der Waals surface area contributed by atoms with Crippen molar-refractivity contribution >= 4 is 106 Å². The fraction of sp³-hybridized carbons (Fsp3) is 0. The van der Waals surface area contributed by atoms with Crippen molar-refractivity contribution in [3.63, 3.8) is 0 Å². The number of thiazole rings is 1. The first kappa shape index (κ1) is 30.4. The van der Waals surface area contributed by atoms with Gasteiger partial charge in [-0.1, -0.05) is 109 Å². The predicted octanol–water partition coefficient (Wildman–Crippen LogP) is 15.1. The van der Waals surface area contributed by atoms with Crippen molar-refractivity contribution in [2.75, 3.05) is 0 Å². The van der Waals surface area contributed by atoms with Crippen LogP contribution < -0.4 is 0 Å². The molecule has 0 aliphatic heterocycles. The Balaban J connectivity index is 1.14. The number of rotatable bonds is 4. The first-order valence-electron chi connectivity index (χ1n) is 18.1. The summed E-state index contributed by atoms with van der Waals surface area (Å²) in [6.45, 7) is 0. The van der Waals surface area contributed by atoms with Gasteiger partial charge in [0.1, 0.15) is 5.01 Å². The highest BCUT2D eigenvalue weighted by Crippen LogP contribution is 2.45. The summed E-state index contributed by atoms with van der Waals surface area (Å²) in [5, 5.41) is 8.79. The highest BCUT2D eigenvalue weighted by atomic mass is 32.1. The van der Waals surface area contributed by atoms with Crippen molar-refractivity contribution in [1.29, 1.82) is 0 Å². The monoisotopic (exact) mass is 740 g/mol. The molecule has 0 atom stereocenters. The van der Waals surface area contributed by atoms with Crippen molar-refractivity contribution in [2.45, 2.75) is 0 Å². The molecule has 8 aromatic carbocycles. The Morgan fingerprint density at radius 1 is 0.370 bits per heavy atom. The summed E-state index contributed by atoms with van der Waals surface area (Å²) in [7, 11) is 0. The number of nitrogens with zero attached hydrogens (tertiary/aromatic N) is 2. The van der Waals surface area contributed by atoms with E-state index >= 15 is 0 Å². The minimum atomic E-state index is 1.03. The van der Waals surface area contributed by atoms with Gasteiger partial charge in [0.25, 0.3) is 0 Å². The zero-order valence-electron chi connectivity index (χ0n) is 28.8. The van der Waals surface area contributed by atoms with E-state index in [0.29, 0.717) is 0 Å². The van der Waals surface area contributed by atoms with Crippen LogP contribution in [0.2, 0.25) is 0 Å². The summed E-state index contributed by atoms with van der Waals surface area (Å²) < 4.78 is 8.97. The lowest BCUT2D eigenvalue weighted by molar-refractivity contribution is 1.18. The van der Waals surface area contributed by atoms with E-state index in [2.05, 4.69) is 174 Å². The fourth-order valence-corrected chi connectivity index (χ4v) is 11.9.